The molecule has 0 fully saturated rings. The molecule has 0 aliphatic rings. The van der Waals surface area contributed by atoms with Crippen LogP contribution in [0.3, 0.4) is 0 Å². The molecule has 2 N–H and O–H groups in total. The maximum atomic E-state index is 12.1. The summed E-state index contributed by atoms with van der Waals surface area (Å²) in [6, 6.07) is 12.5. The first-order chi connectivity index (χ1) is 11.6. The van der Waals surface area contributed by atoms with Crippen LogP contribution in [-0.4, -0.2) is 10.6 Å². The SMILES string of the molecule is CCc1ccc(NC(=O)Nc2ccc3c(c2)oc(=O)n3CC)cc1. The van der Waals surface area contributed by atoms with E-state index < -0.39 is 5.76 Å². The normalized spacial score (nSPS) is 10.8. The van der Waals surface area contributed by atoms with Gasteiger partial charge in [-0.1, -0.05) is 19.1 Å². The molecule has 1 heterocycles. The highest BCUT2D eigenvalue weighted by Crippen LogP contribution is 2.19. The van der Waals surface area contributed by atoms with Crippen LogP contribution >= 0.6 is 0 Å². The number of anilines is 2. The molecule has 3 aromatic rings. The fourth-order valence-corrected chi connectivity index (χ4v) is 2.56. The molecule has 2 amide bonds. The van der Waals surface area contributed by atoms with Gasteiger partial charge in [0.05, 0.1) is 5.52 Å². The molecular weight excluding hydrogens is 306 g/mol. The van der Waals surface area contributed by atoms with Crippen LogP contribution in [-0.2, 0) is 13.0 Å². The third kappa shape index (κ3) is 3.17. The maximum absolute atomic E-state index is 12.1. The zero-order chi connectivity index (χ0) is 17.1. The number of nitrogens with zero attached hydrogens (tertiary/aromatic N) is 1. The van der Waals surface area contributed by atoms with Gasteiger partial charge in [-0.25, -0.2) is 9.59 Å². The van der Waals surface area contributed by atoms with E-state index in [1.165, 1.54) is 10.1 Å². The largest absolute Gasteiger partial charge is 0.419 e. The zero-order valence-corrected chi connectivity index (χ0v) is 13.6. The van der Waals surface area contributed by atoms with Gasteiger partial charge in [0.2, 0.25) is 0 Å². The second-order valence-corrected chi connectivity index (χ2v) is 5.42. The number of urea groups is 1. The summed E-state index contributed by atoms with van der Waals surface area (Å²) in [5.74, 6) is -0.398. The predicted molar refractivity (Wildman–Crippen MR) is 94.6 cm³/mol. The number of hydrogen-bond acceptors (Lipinski definition) is 3. The number of hydrogen-bond donors (Lipinski definition) is 2. The monoisotopic (exact) mass is 325 g/mol. The van der Waals surface area contributed by atoms with Crippen LogP contribution in [0.5, 0.6) is 0 Å². The lowest BCUT2D eigenvalue weighted by molar-refractivity contribution is 0.262. The summed E-state index contributed by atoms with van der Waals surface area (Å²) in [6.45, 7) is 4.49. The van der Waals surface area contributed by atoms with Crippen molar-refractivity contribution in [2.45, 2.75) is 26.8 Å². The molecule has 0 spiro atoms. The van der Waals surface area contributed by atoms with E-state index in [1.54, 1.807) is 18.2 Å². The van der Waals surface area contributed by atoms with Crippen molar-refractivity contribution < 1.29 is 9.21 Å². The Bertz CT molecular complexity index is 923. The van der Waals surface area contributed by atoms with E-state index >= 15 is 0 Å². The summed E-state index contributed by atoms with van der Waals surface area (Å²) in [5, 5.41) is 5.51. The van der Waals surface area contributed by atoms with Crippen LogP contribution < -0.4 is 16.4 Å². The molecule has 124 valence electrons. The van der Waals surface area contributed by atoms with E-state index in [0.29, 0.717) is 23.3 Å². The van der Waals surface area contributed by atoms with E-state index in [9.17, 15) is 9.59 Å². The van der Waals surface area contributed by atoms with Gasteiger partial charge in [-0.3, -0.25) is 4.57 Å². The molecule has 0 bridgehead atoms. The van der Waals surface area contributed by atoms with E-state index in [2.05, 4.69) is 17.6 Å². The number of benzene rings is 2. The number of amides is 2. The lowest BCUT2D eigenvalue weighted by atomic mass is 10.1. The van der Waals surface area contributed by atoms with Gasteiger partial charge >= 0.3 is 11.8 Å². The zero-order valence-electron chi connectivity index (χ0n) is 13.6. The number of carbonyl (C=O) groups is 1. The Morgan fingerprint density at radius 1 is 1.04 bits per heavy atom. The molecule has 0 saturated heterocycles. The maximum Gasteiger partial charge on any atom is 0.419 e. The van der Waals surface area contributed by atoms with Gasteiger partial charge in [0.1, 0.15) is 0 Å². The van der Waals surface area contributed by atoms with Crippen LogP contribution in [0.1, 0.15) is 19.4 Å². The van der Waals surface area contributed by atoms with Crippen LogP contribution in [0.4, 0.5) is 16.2 Å². The van der Waals surface area contributed by atoms with Crippen LogP contribution in [0.2, 0.25) is 0 Å². The lowest BCUT2D eigenvalue weighted by Crippen LogP contribution is -2.19. The number of fused-ring (bicyclic) bond motifs is 1. The quantitative estimate of drug-likeness (QED) is 0.765. The minimum absolute atomic E-state index is 0.351. The molecule has 0 saturated carbocycles. The van der Waals surface area contributed by atoms with Crippen LogP contribution in [0.25, 0.3) is 11.1 Å². The molecule has 6 heteroatoms. The van der Waals surface area contributed by atoms with Crippen molar-refractivity contribution in [1.82, 2.24) is 4.57 Å². The minimum atomic E-state index is -0.398. The van der Waals surface area contributed by atoms with Gasteiger partial charge < -0.3 is 15.1 Å². The van der Waals surface area contributed by atoms with Gasteiger partial charge in [-0.15, -0.1) is 0 Å². The van der Waals surface area contributed by atoms with Gasteiger partial charge in [0, 0.05) is 24.0 Å². The van der Waals surface area contributed by atoms with Gasteiger partial charge in [0.25, 0.3) is 0 Å². The average molecular weight is 325 g/mol. The van der Waals surface area contributed by atoms with E-state index in [4.69, 9.17) is 4.42 Å². The Morgan fingerprint density at radius 3 is 2.38 bits per heavy atom. The number of carbonyl (C=O) groups excluding carboxylic acids is 1. The molecule has 2 aromatic carbocycles. The standard InChI is InChI=1S/C18H19N3O3/c1-3-12-5-7-13(8-6-12)19-17(22)20-14-9-10-15-16(11-14)24-18(23)21(15)4-2/h5-11H,3-4H2,1-2H3,(H2,19,20,22). The molecular formula is C18H19N3O3. The number of nitrogens with one attached hydrogen (secondary N) is 2. The van der Waals surface area contributed by atoms with Gasteiger partial charge in [-0.05, 0) is 43.2 Å². The molecule has 0 aliphatic heterocycles. The molecule has 6 nitrogen and oxygen atoms in total. The van der Waals surface area contributed by atoms with Crippen molar-refractivity contribution >= 4 is 28.5 Å². The summed E-state index contributed by atoms with van der Waals surface area (Å²) in [5.41, 5.74) is 3.65. The van der Waals surface area contributed by atoms with Gasteiger partial charge in [-0.2, -0.15) is 0 Å². The summed E-state index contributed by atoms with van der Waals surface area (Å²) >= 11 is 0. The summed E-state index contributed by atoms with van der Waals surface area (Å²) in [6.07, 6.45) is 0.953. The fraction of sp³-hybridized carbons (Fsp3) is 0.222. The Balaban J connectivity index is 1.73. The Morgan fingerprint density at radius 2 is 1.71 bits per heavy atom. The Labute approximate surface area is 139 Å². The van der Waals surface area contributed by atoms with Crippen molar-refractivity contribution in [1.29, 1.82) is 0 Å². The van der Waals surface area contributed by atoms with Crippen molar-refractivity contribution in [3.05, 3.63) is 58.6 Å². The number of rotatable bonds is 4. The topological polar surface area (TPSA) is 76.3 Å². The Kier molecular flexibility index (Phi) is 4.37. The predicted octanol–water partition coefficient (Wildman–Crippen LogP) is 3.82. The highest BCUT2D eigenvalue weighted by atomic mass is 16.4. The van der Waals surface area contributed by atoms with E-state index in [1.807, 2.05) is 31.2 Å². The van der Waals surface area contributed by atoms with Crippen LogP contribution in [0, 0.1) is 0 Å². The number of aryl methyl sites for hydroxylation is 2. The second kappa shape index (κ2) is 6.62. The summed E-state index contributed by atoms with van der Waals surface area (Å²) in [4.78, 5) is 23.8. The Hall–Kier alpha value is -3.02. The number of oxazole rings is 1. The lowest BCUT2D eigenvalue weighted by Gasteiger charge is -2.08. The highest BCUT2D eigenvalue weighted by molar-refractivity contribution is 6.00. The minimum Gasteiger partial charge on any atom is -0.408 e. The van der Waals surface area contributed by atoms with Crippen molar-refractivity contribution in [3.8, 4) is 0 Å². The molecule has 3 rings (SSSR count). The first-order valence-electron chi connectivity index (χ1n) is 7.91. The smallest absolute Gasteiger partial charge is 0.408 e. The first kappa shape index (κ1) is 15.9. The molecule has 0 unspecified atom stereocenters. The third-order valence-electron chi connectivity index (χ3n) is 3.86. The van der Waals surface area contributed by atoms with Crippen molar-refractivity contribution in [3.63, 3.8) is 0 Å². The fourth-order valence-electron chi connectivity index (χ4n) is 2.56. The van der Waals surface area contributed by atoms with E-state index in [0.717, 1.165) is 12.1 Å². The molecule has 0 radical (unpaired) electrons. The van der Waals surface area contributed by atoms with Crippen molar-refractivity contribution in [2.24, 2.45) is 0 Å². The van der Waals surface area contributed by atoms with Gasteiger partial charge in [0.15, 0.2) is 5.58 Å². The third-order valence-corrected chi connectivity index (χ3v) is 3.86. The van der Waals surface area contributed by atoms with Crippen LogP contribution in [0.15, 0.2) is 51.7 Å². The number of aromatic nitrogens is 1. The van der Waals surface area contributed by atoms with Crippen molar-refractivity contribution in [2.75, 3.05) is 10.6 Å². The summed E-state index contributed by atoms with van der Waals surface area (Å²) < 4.78 is 6.73. The second-order valence-electron chi connectivity index (χ2n) is 5.42. The molecule has 1 aromatic heterocycles. The average Bonchev–Trinajstić information content (AvgIpc) is 2.89. The molecule has 24 heavy (non-hydrogen) atoms. The van der Waals surface area contributed by atoms with E-state index in [-0.39, 0.29) is 6.03 Å². The highest BCUT2D eigenvalue weighted by Gasteiger charge is 2.09. The first-order valence-corrected chi connectivity index (χ1v) is 7.91. The molecule has 0 aliphatic carbocycles. The summed E-state index contributed by atoms with van der Waals surface area (Å²) in [7, 11) is 0. The molecule has 0 atom stereocenters.